The highest BCUT2D eigenvalue weighted by Crippen LogP contribution is 2.23. The van der Waals surface area contributed by atoms with Crippen molar-refractivity contribution in [3.05, 3.63) is 58.7 Å². The van der Waals surface area contributed by atoms with Gasteiger partial charge in [-0.15, -0.1) is 0 Å². The second-order valence-corrected chi connectivity index (χ2v) is 7.51. The third kappa shape index (κ3) is 5.06. The van der Waals surface area contributed by atoms with Crippen LogP contribution in [-0.2, 0) is 20.9 Å². The Kier molecular flexibility index (Phi) is 6.68. The lowest BCUT2D eigenvalue weighted by atomic mass is 10.0. The summed E-state index contributed by atoms with van der Waals surface area (Å²) >= 11 is 0. The van der Waals surface area contributed by atoms with Gasteiger partial charge < -0.3 is 24.7 Å². The van der Waals surface area contributed by atoms with Crippen molar-refractivity contribution in [2.75, 3.05) is 19.8 Å². The Labute approximate surface area is 182 Å². The molecule has 4 rings (SSSR count). The maximum atomic E-state index is 13.3. The Bertz CT molecular complexity index is 1030. The minimum absolute atomic E-state index is 0.00834. The molecule has 1 aromatic heterocycles. The van der Waals surface area contributed by atoms with Gasteiger partial charge in [-0.1, -0.05) is 11.2 Å². The predicted octanol–water partition coefficient (Wildman–Crippen LogP) is 1.26. The Hall–Kier alpha value is -3.02. The standard InChI is InChI=1S/C21H22F2N4O5/c1-11-25-16(17-6-19(32-27-17)20-10-30-13(8-28)9-31-20)5-18(26-11)21(29)24-7-12-2-3-14(22)15(23)4-12/h2-5,13,19-20,28H,6-10H2,1H3,(H,24,29)/t13?,19-,20?/m0/s1. The molecule has 1 fully saturated rings. The van der Waals surface area contributed by atoms with Gasteiger partial charge in [-0.05, 0) is 30.7 Å². The van der Waals surface area contributed by atoms with Crippen LogP contribution in [0.5, 0.6) is 0 Å². The van der Waals surface area contributed by atoms with Gasteiger partial charge in [0.15, 0.2) is 17.7 Å². The fourth-order valence-electron chi connectivity index (χ4n) is 3.38. The van der Waals surface area contributed by atoms with Crippen LogP contribution >= 0.6 is 0 Å². The number of halogens is 2. The molecule has 2 aromatic rings. The Morgan fingerprint density at radius 3 is 2.72 bits per heavy atom. The number of aliphatic hydroxyl groups is 1. The van der Waals surface area contributed by atoms with Crippen LogP contribution in [-0.4, -0.2) is 64.8 Å². The van der Waals surface area contributed by atoms with Crippen molar-refractivity contribution in [3.8, 4) is 0 Å². The van der Waals surface area contributed by atoms with E-state index in [-0.39, 0.29) is 50.4 Å². The number of carbonyl (C=O) groups excluding carboxylic acids is 1. The Balaban J connectivity index is 1.39. The highest BCUT2D eigenvalue weighted by molar-refractivity contribution is 6.02. The maximum absolute atomic E-state index is 13.3. The second-order valence-electron chi connectivity index (χ2n) is 7.51. The van der Waals surface area contributed by atoms with Crippen LogP contribution in [0.2, 0.25) is 0 Å². The maximum Gasteiger partial charge on any atom is 0.270 e. The molecule has 0 aliphatic carbocycles. The van der Waals surface area contributed by atoms with Crippen LogP contribution in [0.1, 0.15) is 34.0 Å². The largest absolute Gasteiger partial charge is 0.394 e. The molecule has 170 valence electrons. The van der Waals surface area contributed by atoms with E-state index in [1.807, 2.05) is 0 Å². The van der Waals surface area contributed by atoms with Crippen molar-refractivity contribution < 1.29 is 33.0 Å². The first kappa shape index (κ1) is 22.2. The normalized spacial score (nSPS) is 22.9. The van der Waals surface area contributed by atoms with E-state index in [1.165, 1.54) is 12.1 Å². The molecular weight excluding hydrogens is 426 g/mol. The van der Waals surface area contributed by atoms with Crippen molar-refractivity contribution in [1.82, 2.24) is 15.3 Å². The van der Waals surface area contributed by atoms with E-state index in [9.17, 15) is 13.6 Å². The number of ether oxygens (including phenoxy) is 2. The summed E-state index contributed by atoms with van der Waals surface area (Å²) < 4.78 is 37.6. The van der Waals surface area contributed by atoms with Crippen molar-refractivity contribution in [3.63, 3.8) is 0 Å². The summed E-state index contributed by atoms with van der Waals surface area (Å²) in [6, 6.07) is 4.92. The number of aromatic nitrogens is 2. The van der Waals surface area contributed by atoms with Crippen molar-refractivity contribution in [2.45, 2.75) is 38.2 Å². The van der Waals surface area contributed by atoms with Gasteiger partial charge in [0, 0.05) is 13.0 Å². The quantitative estimate of drug-likeness (QED) is 0.684. The molecule has 32 heavy (non-hydrogen) atoms. The molecule has 9 nitrogen and oxygen atoms in total. The summed E-state index contributed by atoms with van der Waals surface area (Å²) in [4.78, 5) is 26.5. The molecule has 0 radical (unpaired) electrons. The third-order valence-corrected chi connectivity index (χ3v) is 5.11. The van der Waals surface area contributed by atoms with Gasteiger partial charge in [-0.2, -0.15) is 0 Å². The number of oxime groups is 1. The van der Waals surface area contributed by atoms with Crippen LogP contribution in [0.4, 0.5) is 8.78 Å². The van der Waals surface area contributed by atoms with E-state index in [0.29, 0.717) is 29.2 Å². The lowest BCUT2D eigenvalue weighted by Crippen LogP contribution is -2.43. The number of aryl methyl sites for hydroxylation is 1. The summed E-state index contributed by atoms with van der Waals surface area (Å²) in [5, 5.41) is 15.8. The van der Waals surface area contributed by atoms with Crippen molar-refractivity contribution >= 4 is 11.6 Å². The molecule has 0 saturated carbocycles. The molecule has 2 aliphatic heterocycles. The molecule has 2 aliphatic rings. The predicted molar refractivity (Wildman–Crippen MR) is 107 cm³/mol. The second kappa shape index (κ2) is 9.63. The van der Waals surface area contributed by atoms with E-state index >= 15 is 0 Å². The number of nitrogens with zero attached hydrogens (tertiary/aromatic N) is 3. The van der Waals surface area contributed by atoms with Gasteiger partial charge in [0.2, 0.25) is 0 Å². The monoisotopic (exact) mass is 448 g/mol. The number of hydrogen-bond donors (Lipinski definition) is 2. The molecule has 3 atom stereocenters. The molecule has 1 aromatic carbocycles. The van der Waals surface area contributed by atoms with Crippen molar-refractivity contribution in [1.29, 1.82) is 0 Å². The minimum atomic E-state index is -0.982. The summed E-state index contributed by atoms with van der Waals surface area (Å²) in [5.41, 5.74) is 1.52. The zero-order chi connectivity index (χ0) is 22.7. The fraction of sp³-hybridized carbons (Fsp3) is 0.429. The lowest BCUT2D eigenvalue weighted by Gasteiger charge is -2.30. The Morgan fingerprint density at radius 1 is 1.16 bits per heavy atom. The molecule has 0 spiro atoms. The number of nitrogens with one attached hydrogen (secondary N) is 1. The Morgan fingerprint density at radius 2 is 2.00 bits per heavy atom. The van der Waals surface area contributed by atoms with Crippen LogP contribution in [0, 0.1) is 18.6 Å². The molecule has 0 bridgehead atoms. The lowest BCUT2D eigenvalue weighted by molar-refractivity contribution is -0.178. The summed E-state index contributed by atoms with van der Waals surface area (Å²) in [6.45, 7) is 2.09. The average molecular weight is 448 g/mol. The molecule has 1 amide bonds. The van der Waals surface area contributed by atoms with Gasteiger partial charge >= 0.3 is 0 Å². The average Bonchev–Trinajstić information content (AvgIpc) is 3.30. The molecule has 2 unspecified atom stereocenters. The first-order valence-electron chi connectivity index (χ1n) is 10.1. The smallest absolute Gasteiger partial charge is 0.270 e. The van der Waals surface area contributed by atoms with Crippen LogP contribution in [0.15, 0.2) is 29.4 Å². The van der Waals surface area contributed by atoms with Gasteiger partial charge in [-0.3, -0.25) is 4.79 Å². The number of carbonyl (C=O) groups is 1. The number of amides is 1. The van der Waals surface area contributed by atoms with Gasteiger partial charge in [-0.25, -0.2) is 18.7 Å². The summed E-state index contributed by atoms with van der Waals surface area (Å²) in [5.74, 6) is -2.05. The summed E-state index contributed by atoms with van der Waals surface area (Å²) in [7, 11) is 0. The first-order chi connectivity index (χ1) is 15.4. The number of rotatable bonds is 6. The van der Waals surface area contributed by atoms with E-state index < -0.39 is 17.5 Å². The molecule has 11 heteroatoms. The van der Waals surface area contributed by atoms with E-state index in [2.05, 4.69) is 20.4 Å². The molecular formula is C21H22F2N4O5. The highest BCUT2D eigenvalue weighted by atomic mass is 19.2. The minimum Gasteiger partial charge on any atom is -0.394 e. The number of hydrogen-bond acceptors (Lipinski definition) is 8. The first-order valence-corrected chi connectivity index (χ1v) is 10.1. The highest BCUT2D eigenvalue weighted by Gasteiger charge is 2.35. The molecule has 3 heterocycles. The van der Waals surface area contributed by atoms with Gasteiger partial charge in [0.05, 0.1) is 25.5 Å². The number of benzene rings is 1. The van der Waals surface area contributed by atoms with Crippen LogP contribution < -0.4 is 5.32 Å². The fourth-order valence-corrected chi connectivity index (χ4v) is 3.38. The van der Waals surface area contributed by atoms with Crippen LogP contribution in [0.3, 0.4) is 0 Å². The van der Waals surface area contributed by atoms with E-state index in [4.69, 9.17) is 19.4 Å². The molecule has 1 saturated heterocycles. The SMILES string of the molecule is Cc1nc(C(=O)NCc2ccc(F)c(F)c2)cc(C2=NO[C@H](C3COC(CO)CO3)C2)n1. The molecule has 2 N–H and O–H groups in total. The zero-order valence-corrected chi connectivity index (χ0v) is 17.3. The van der Waals surface area contributed by atoms with E-state index in [1.54, 1.807) is 6.92 Å². The van der Waals surface area contributed by atoms with Crippen molar-refractivity contribution in [2.24, 2.45) is 5.16 Å². The van der Waals surface area contributed by atoms with Gasteiger partial charge in [0.1, 0.15) is 29.4 Å². The topological polar surface area (TPSA) is 115 Å². The third-order valence-electron chi connectivity index (χ3n) is 5.11. The zero-order valence-electron chi connectivity index (χ0n) is 17.3. The summed E-state index contributed by atoms with van der Waals surface area (Å²) in [6.07, 6.45) is -0.638. The van der Waals surface area contributed by atoms with Gasteiger partial charge in [0.25, 0.3) is 5.91 Å². The van der Waals surface area contributed by atoms with E-state index in [0.717, 1.165) is 12.1 Å². The van der Waals surface area contributed by atoms with Crippen LogP contribution in [0.25, 0.3) is 0 Å². The number of aliphatic hydroxyl groups excluding tert-OH is 1.